The largest absolute Gasteiger partial charge is 0.433 e. The maximum absolute atomic E-state index is 10.5. The van der Waals surface area contributed by atoms with Crippen molar-refractivity contribution in [3.05, 3.63) is 12.7 Å². The lowest BCUT2D eigenvalue weighted by Crippen LogP contribution is -2.16. The van der Waals surface area contributed by atoms with E-state index in [-0.39, 0.29) is 0 Å². The Bertz CT molecular complexity index is 120. The fourth-order valence-electron chi connectivity index (χ4n) is 0.480. The van der Waals surface area contributed by atoms with Crippen molar-refractivity contribution in [1.82, 2.24) is 0 Å². The first-order valence-electron chi connectivity index (χ1n) is 3.15. The average Bonchev–Trinajstić information content (AvgIpc) is 1.88. The number of hydrogen-bond donors (Lipinski definition) is 0. The summed E-state index contributed by atoms with van der Waals surface area (Å²) in [6.07, 6.45) is 0.630. The SMILES string of the molecule is C=CC(=O)OC(C)OCC. The molecule has 0 aliphatic heterocycles. The van der Waals surface area contributed by atoms with Crippen LogP contribution in [0.15, 0.2) is 12.7 Å². The highest BCUT2D eigenvalue weighted by Crippen LogP contribution is 1.93. The number of esters is 1. The van der Waals surface area contributed by atoms with E-state index in [0.717, 1.165) is 6.08 Å². The molecule has 0 aromatic heterocycles. The van der Waals surface area contributed by atoms with Crippen molar-refractivity contribution in [2.24, 2.45) is 0 Å². The minimum absolute atomic E-state index is 0.457. The van der Waals surface area contributed by atoms with Gasteiger partial charge in [-0.25, -0.2) is 4.79 Å². The van der Waals surface area contributed by atoms with Gasteiger partial charge in [-0.05, 0) is 13.8 Å². The second-order valence-corrected chi connectivity index (χ2v) is 1.66. The van der Waals surface area contributed by atoms with E-state index in [4.69, 9.17) is 4.74 Å². The molecule has 1 unspecified atom stereocenters. The van der Waals surface area contributed by atoms with Gasteiger partial charge in [-0.3, -0.25) is 0 Å². The summed E-state index contributed by atoms with van der Waals surface area (Å²) in [5.74, 6) is -0.457. The van der Waals surface area contributed by atoms with Crippen LogP contribution in [0.3, 0.4) is 0 Å². The molecule has 0 bridgehead atoms. The molecular formula is C7H12O3. The maximum Gasteiger partial charge on any atom is 0.332 e. The second-order valence-electron chi connectivity index (χ2n) is 1.66. The van der Waals surface area contributed by atoms with Crippen LogP contribution in [0.5, 0.6) is 0 Å². The van der Waals surface area contributed by atoms with Gasteiger partial charge in [0.15, 0.2) is 6.29 Å². The van der Waals surface area contributed by atoms with Gasteiger partial charge >= 0.3 is 5.97 Å². The van der Waals surface area contributed by atoms with Crippen molar-refractivity contribution >= 4 is 5.97 Å². The molecule has 0 fully saturated rings. The second kappa shape index (κ2) is 4.99. The first-order valence-corrected chi connectivity index (χ1v) is 3.15. The Morgan fingerprint density at radius 2 is 2.40 bits per heavy atom. The van der Waals surface area contributed by atoms with Crippen LogP contribution >= 0.6 is 0 Å². The van der Waals surface area contributed by atoms with Crippen molar-refractivity contribution in [1.29, 1.82) is 0 Å². The van der Waals surface area contributed by atoms with Crippen molar-refractivity contribution in [2.75, 3.05) is 6.61 Å². The van der Waals surface area contributed by atoms with Crippen LogP contribution in [0, 0.1) is 0 Å². The third-order valence-electron chi connectivity index (χ3n) is 0.850. The molecule has 0 spiro atoms. The van der Waals surface area contributed by atoms with Crippen LogP contribution in [-0.4, -0.2) is 18.9 Å². The Balaban J connectivity index is 3.46. The minimum Gasteiger partial charge on any atom is -0.433 e. The molecule has 58 valence electrons. The highest BCUT2D eigenvalue weighted by Gasteiger charge is 2.03. The van der Waals surface area contributed by atoms with Gasteiger partial charge in [0.05, 0.1) is 0 Å². The normalized spacial score (nSPS) is 12.2. The number of rotatable bonds is 4. The number of carbonyl (C=O) groups excluding carboxylic acids is 1. The molecule has 0 aromatic carbocycles. The summed E-state index contributed by atoms with van der Waals surface area (Å²) in [6.45, 7) is 7.27. The fraction of sp³-hybridized carbons (Fsp3) is 0.571. The van der Waals surface area contributed by atoms with E-state index in [9.17, 15) is 4.79 Å². The number of hydrogen-bond acceptors (Lipinski definition) is 3. The zero-order valence-corrected chi connectivity index (χ0v) is 6.29. The lowest BCUT2D eigenvalue weighted by molar-refractivity contribution is -0.167. The summed E-state index contributed by atoms with van der Waals surface area (Å²) < 4.78 is 9.58. The van der Waals surface area contributed by atoms with Crippen molar-refractivity contribution < 1.29 is 14.3 Å². The summed E-state index contributed by atoms with van der Waals surface area (Å²) in [5, 5.41) is 0. The van der Waals surface area contributed by atoms with Gasteiger partial charge in [0.1, 0.15) is 0 Å². The quantitative estimate of drug-likeness (QED) is 0.336. The molecule has 0 radical (unpaired) electrons. The molecule has 10 heavy (non-hydrogen) atoms. The zero-order chi connectivity index (χ0) is 7.98. The summed E-state index contributed by atoms with van der Waals surface area (Å²) in [6, 6.07) is 0. The first-order chi connectivity index (χ1) is 4.70. The Kier molecular flexibility index (Phi) is 4.58. The lowest BCUT2D eigenvalue weighted by Gasteiger charge is -2.10. The Morgan fingerprint density at radius 3 is 2.80 bits per heavy atom. The highest BCUT2D eigenvalue weighted by atomic mass is 16.7. The molecular weight excluding hydrogens is 132 g/mol. The molecule has 1 atom stereocenters. The van der Waals surface area contributed by atoms with Crippen molar-refractivity contribution in [2.45, 2.75) is 20.1 Å². The monoisotopic (exact) mass is 144 g/mol. The molecule has 3 nitrogen and oxygen atoms in total. The van der Waals surface area contributed by atoms with E-state index in [1.54, 1.807) is 6.92 Å². The molecule has 0 aliphatic carbocycles. The lowest BCUT2D eigenvalue weighted by atomic mass is 10.6. The Hall–Kier alpha value is -0.830. The van der Waals surface area contributed by atoms with E-state index in [0.29, 0.717) is 6.61 Å². The van der Waals surface area contributed by atoms with Crippen LogP contribution in [0.4, 0.5) is 0 Å². The smallest absolute Gasteiger partial charge is 0.332 e. The first kappa shape index (κ1) is 9.17. The zero-order valence-electron chi connectivity index (χ0n) is 6.29. The van der Waals surface area contributed by atoms with Crippen LogP contribution in [-0.2, 0) is 14.3 Å². The van der Waals surface area contributed by atoms with Gasteiger partial charge in [-0.1, -0.05) is 6.58 Å². The van der Waals surface area contributed by atoms with Crippen LogP contribution in [0.1, 0.15) is 13.8 Å². The average molecular weight is 144 g/mol. The molecule has 0 heterocycles. The summed E-state index contributed by atoms with van der Waals surface area (Å²) in [7, 11) is 0. The van der Waals surface area contributed by atoms with Gasteiger partial charge in [0.25, 0.3) is 0 Å². The van der Waals surface area contributed by atoms with Crippen molar-refractivity contribution in [3.63, 3.8) is 0 Å². The third kappa shape index (κ3) is 4.09. The Labute approximate surface area is 60.6 Å². The Morgan fingerprint density at radius 1 is 1.80 bits per heavy atom. The molecule has 0 N–H and O–H groups in total. The standard InChI is InChI=1S/C7H12O3/c1-4-7(8)10-6(3)9-5-2/h4,6H,1,5H2,2-3H3. The predicted octanol–water partition coefficient (Wildman–Crippen LogP) is 1.10. The van der Waals surface area contributed by atoms with Crippen LogP contribution in [0.25, 0.3) is 0 Å². The molecule has 0 rings (SSSR count). The topological polar surface area (TPSA) is 35.5 Å². The van der Waals surface area contributed by atoms with Gasteiger partial charge in [0.2, 0.25) is 0 Å². The number of carbonyl (C=O) groups is 1. The molecule has 3 heteroatoms. The van der Waals surface area contributed by atoms with E-state index in [2.05, 4.69) is 11.3 Å². The van der Waals surface area contributed by atoms with Gasteiger partial charge < -0.3 is 9.47 Å². The molecule has 0 amide bonds. The summed E-state index contributed by atoms with van der Waals surface area (Å²) >= 11 is 0. The van der Waals surface area contributed by atoms with Gasteiger partial charge in [-0.15, -0.1) is 0 Å². The molecule has 0 aromatic rings. The maximum atomic E-state index is 10.5. The summed E-state index contributed by atoms with van der Waals surface area (Å²) in [4.78, 5) is 10.5. The van der Waals surface area contributed by atoms with Crippen LogP contribution in [0.2, 0.25) is 0 Å². The number of ether oxygens (including phenoxy) is 2. The van der Waals surface area contributed by atoms with E-state index in [1.165, 1.54) is 0 Å². The molecule has 0 saturated carbocycles. The summed E-state index contributed by atoms with van der Waals surface area (Å²) in [5.41, 5.74) is 0. The van der Waals surface area contributed by atoms with E-state index >= 15 is 0 Å². The molecule has 0 aliphatic rings. The highest BCUT2D eigenvalue weighted by molar-refractivity contribution is 5.81. The van der Waals surface area contributed by atoms with Gasteiger partial charge in [0, 0.05) is 12.7 Å². The fourth-order valence-corrected chi connectivity index (χ4v) is 0.480. The minimum atomic E-state index is -0.476. The van der Waals surface area contributed by atoms with E-state index in [1.807, 2.05) is 6.92 Å². The van der Waals surface area contributed by atoms with Gasteiger partial charge in [-0.2, -0.15) is 0 Å². The van der Waals surface area contributed by atoms with Crippen LogP contribution < -0.4 is 0 Å². The predicted molar refractivity (Wildman–Crippen MR) is 37.4 cm³/mol. The molecule has 0 saturated heterocycles. The van der Waals surface area contributed by atoms with E-state index < -0.39 is 12.3 Å². The van der Waals surface area contributed by atoms with Crippen molar-refractivity contribution in [3.8, 4) is 0 Å². The third-order valence-corrected chi connectivity index (χ3v) is 0.850.